The number of carbonyl (C=O) groups is 1. The largest absolute Gasteiger partial charge is 0.489 e. The molecule has 23 heavy (non-hydrogen) atoms. The van der Waals surface area contributed by atoms with E-state index in [0.29, 0.717) is 29.6 Å². The summed E-state index contributed by atoms with van der Waals surface area (Å²) in [5.74, 6) is 0.614. The molecule has 0 aliphatic carbocycles. The van der Waals surface area contributed by atoms with E-state index in [9.17, 15) is 4.79 Å². The molecular formula is C17H18ClN3O2. The van der Waals surface area contributed by atoms with Crippen LogP contribution in [0.25, 0.3) is 0 Å². The van der Waals surface area contributed by atoms with E-state index in [2.05, 4.69) is 5.32 Å². The highest BCUT2D eigenvalue weighted by Gasteiger charge is 2.20. The number of nitrogens with zero attached hydrogens (tertiary/aromatic N) is 1. The molecule has 0 atom stereocenters. The molecule has 1 heterocycles. The summed E-state index contributed by atoms with van der Waals surface area (Å²) in [6.07, 6.45) is 0. The average Bonchev–Trinajstić information content (AvgIpc) is 2.51. The summed E-state index contributed by atoms with van der Waals surface area (Å²) < 4.78 is 5.60. The Morgan fingerprint density at radius 3 is 3.00 bits per heavy atom. The third-order valence-electron chi connectivity index (χ3n) is 3.75. The van der Waals surface area contributed by atoms with Crippen LogP contribution in [0.5, 0.6) is 5.75 Å². The van der Waals surface area contributed by atoms with Crippen LogP contribution in [0.1, 0.15) is 5.56 Å². The van der Waals surface area contributed by atoms with Crippen molar-refractivity contribution in [2.24, 2.45) is 0 Å². The van der Waals surface area contributed by atoms with Crippen LogP contribution in [0.15, 0.2) is 36.4 Å². The monoisotopic (exact) mass is 331 g/mol. The molecule has 120 valence electrons. The zero-order valence-electron chi connectivity index (χ0n) is 12.8. The van der Waals surface area contributed by atoms with Crippen LogP contribution >= 0.6 is 11.6 Å². The third kappa shape index (κ3) is 3.51. The molecule has 1 aliphatic heterocycles. The maximum absolute atomic E-state index is 12.4. The Bertz CT molecular complexity index is 749. The highest BCUT2D eigenvalue weighted by molar-refractivity contribution is 6.31. The quantitative estimate of drug-likeness (QED) is 0.848. The maximum Gasteiger partial charge on any atom is 0.243 e. The number of carbonyl (C=O) groups excluding carboxylic acids is 1. The number of nitrogen functional groups attached to an aromatic ring is 1. The van der Waals surface area contributed by atoms with E-state index in [1.807, 2.05) is 24.0 Å². The predicted molar refractivity (Wildman–Crippen MR) is 93.4 cm³/mol. The zero-order valence-corrected chi connectivity index (χ0v) is 13.6. The lowest BCUT2D eigenvalue weighted by Crippen LogP contribution is -2.38. The van der Waals surface area contributed by atoms with Gasteiger partial charge in [0.1, 0.15) is 12.4 Å². The van der Waals surface area contributed by atoms with Crippen LogP contribution in [-0.4, -0.2) is 25.6 Å². The van der Waals surface area contributed by atoms with Crippen molar-refractivity contribution in [2.45, 2.75) is 6.92 Å². The van der Waals surface area contributed by atoms with Crippen LogP contribution in [0.2, 0.25) is 5.02 Å². The Morgan fingerprint density at radius 2 is 2.17 bits per heavy atom. The average molecular weight is 332 g/mol. The Labute approximate surface area is 140 Å². The van der Waals surface area contributed by atoms with Crippen molar-refractivity contribution in [3.63, 3.8) is 0 Å². The molecule has 2 aromatic rings. The zero-order chi connectivity index (χ0) is 16.4. The predicted octanol–water partition coefficient (Wildman–Crippen LogP) is 3.07. The van der Waals surface area contributed by atoms with Crippen LogP contribution in [0, 0.1) is 6.92 Å². The highest BCUT2D eigenvalue weighted by atomic mass is 35.5. The molecule has 3 rings (SSSR count). The van der Waals surface area contributed by atoms with E-state index >= 15 is 0 Å². The molecule has 0 radical (unpaired) electrons. The molecule has 0 aromatic heterocycles. The van der Waals surface area contributed by atoms with Crippen molar-refractivity contribution in [1.29, 1.82) is 0 Å². The summed E-state index contributed by atoms with van der Waals surface area (Å²) in [5, 5.41) is 3.51. The summed E-state index contributed by atoms with van der Waals surface area (Å²) >= 11 is 5.98. The summed E-state index contributed by atoms with van der Waals surface area (Å²) in [4.78, 5) is 14.3. The van der Waals surface area contributed by atoms with Gasteiger partial charge in [-0.2, -0.15) is 0 Å². The van der Waals surface area contributed by atoms with Gasteiger partial charge in [-0.3, -0.25) is 4.79 Å². The SMILES string of the molecule is Cc1ccc(Cl)cc1NC(=O)CN1CCOc2cc(N)ccc21. The number of benzene rings is 2. The normalized spacial score (nSPS) is 13.2. The topological polar surface area (TPSA) is 67.6 Å². The minimum atomic E-state index is -0.0972. The number of amides is 1. The van der Waals surface area contributed by atoms with Gasteiger partial charge in [0.05, 0.1) is 18.8 Å². The van der Waals surface area contributed by atoms with Crippen molar-refractivity contribution in [1.82, 2.24) is 0 Å². The molecule has 1 aliphatic rings. The van der Waals surface area contributed by atoms with Crippen molar-refractivity contribution >= 4 is 34.6 Å². The number of ether oxygens (including phenoxy) is 1. The van der Waals surface area contributed by atoms with Gasteiger partial charge < -0.3 is 20.7 Å². The van der Waals surface area contributed by atoms with Gasteiger partial charge in [0.25, 0.3) is 0 Å². The number of hydrogen-bond acceptors (Lipinski definition) is 4. The highest BCUT2D eigenvalue weighted by Crippen LogP contribution is 2.33. The first-order chi connectivity index (χ1) is 11.0. The molecule has 0 fully saturated rings. The van der Waals surface area contributed by atoms with Gasteiger partial charge in [0.15, 0.2) is 0 Å². The van der Waals surface area contributed by atoms with Gasteiger partial charge in [-0.1, -0.05) is 17.7 Å². The van der Waals surface area contributed by atoms with Crippen LogP contribution in [-0.2, 0) is 4.79 Å². The summed E-state index contributed by atoms with van der Waals surface area (Å²) in [6.45, 7) is 3.35. The molecule has 0 bridgehead atoms. The van der Waals surface area contributed by atoms with Crippen molar-refractivity contribution in [3.8, 4) is 5.75 Å². The first kappa shape index (κ1) is 15.5. The number of rotatable bonds is 3. The molecule has 3 N–H and O–H groups in total. The minimum Gasteiger partial charge on any atom is -0.489 e. The lowest BCUT2D eigenvalue weighted by Gasteiger charge is -2.30. The van der Waals surface area contributed by atoms with Gasteiger partial charge in [-0.15, -0.1) is 0 Å². The second-order valence-corrected chi connectivity index (χ2v) is 5.94. The van der Waals surface area contributed by atoms with Crippen LogP contribution in [0.3, 0.4) is 0 Å². The van der Waals surface area contributed by atoms with E-state index in [1.165, 1.54) is 0 Å². The van der Waals surface area contributed by atoms with Crippen molar-refractivity contribution in [2.75, 3.05) is 35.6 Å². The fraction of sp³-hybridized carbons (Fsp3) is 0.235. The summed E-state index contributed by atoms with van der Waals surface area (Å²) in [6, 6.07) is 10.9. The fourth-order valence-corrected chi connectivity index (χ4v) is 2.72. The molecule has 2 aromatic carbocycles. The Morgan fingerprint density at radius 1 is 1.35 bits per heavy atom. The number of hydrogen-bond donors (Lipinski definition) is 2. The Balaban J connectivity index is 1.73. The third-order valence-corrected chi connectivity index (χ3v) is 3.99. The number of fused-ring (bicyclic) bond motifs is 1. The number of halogens is 1. The number of nitrogens with two attached hydrogens (primary N) is 1. The van der Waals surface area contributed by atoms with Gasteiger partial charge >= 0.3 is 0 Å². The summed E-state index contributed by atoms with van der Waals surface area (Å²) in [7, 11) is 0. The Hall–Kier alpha value is -2.40. The van der Waals surface area contributed by atoms with E-state index < -0.39 is 0 Å². The molecule has 0 saturated carbocycles. The van der Waals surface area contributed by atoms with Gasteiger partial charge in [-0.05, 0) is 36.8 Å². The van der Waals surface area contributed by atoms with E-state index in [-0.39, 0.29) is 12.5 Å². The number of anilines is 3. The minimum absolute atomic E-state index is 0.0972. The van der Waals surface area contributed by atoms with E-state index in [1.54, 1.807) is 24.3 Å². The van der Waals surface area contributed by atoms with Crippen LogP contribution < -0.4 is 20.7 Å². The first-order valence-electron chi connectivity index (χ1n) is 7.36. The second kappa shape index (κ2) is 6.38. The lowest BCUT2D eigenvalue weighted by molar-refractivity contribution is -0.115. The molecule has 0 saturated heterocycles. The van der Waals surface area contributed by atoms with E-state index in [4.69, 9.17) is 22.1 Å². The number of aryl methyl sites for hydroxylation is 1. The molecular weight excluding hydrogens is 314 g/mol. The van der Waals surface area contributed by atoms with Crippen LogP contribution in [0.4, 0.5) is 17.1 Å². The van der Waals surface area contributed by atoms with Gasteiger partial charge in [-0.25, -0.2) is 0 Å². The fourth-order valence-electron chi connectivity index (χ4n) is 2.55. The summed E-state index contributed by atoms with van der Waals surface area (Å²) in [5.41, 5.74) is 8.99. The molecule has 0 spiro atoms. The molecule has 5 nitrogen and oxygen atoms in total. The standard InChI is InChI=1S/C17H18ClN3O2/c1-11-2-3-12(18)8-14(11)20-17(22)10-21-6-7-23-16-9-13(19)4-5-15(16)21/h2-5,8-9H,6-7,10,19H2,1H3,(H,20,22). The molecule has 6 heteroatoms. The molecule has 1 amide bonds. The van der Waals surface area contributed by atoms with Crippen molar-refractivity contribution in [3.05, 3.63) is 47.0 Å². The van der Waals surface area contributed by atoms with Gasteiger partial charge in [0.2, 0.25) is 5.91 Å². The smallest absolute Gasteiger partial charge is 0.243 e. The second-order valence-electron chi connectivity index (χ2n) is 5.50. The van der Waals surface area contributed by atoms with Crippen molar-refractivity contribution < 1.29 is 9.53 Å². The maximum atomic E-state index is 12.4. The molecule has 0 unspecified atom stereocenters. The van der Waals surface area contributed by atoms with Gasteiger partial charge in [0, 0.05) is 22.5 Å². The Kier molecular flexibility index (Phi) is 4.30. The first-order valence-corrected chi connectivity index (χ1v) is 7.74. The number of nitrogens with one attached hydrogen (secondary N) is 1. The lowest BCUT2D eigenvalue weighted by atomic mass is 10.2. The van der Waals surface area contributed by atoms with E-state index in [0.717, 1.165) is 16.9 Å².